The molecule has 1 aliphatic heterocycles. The fraction of sp³-hybridized carbons (Fsp3) is 0.278. The predicted octanol–water partition coefficient (Wildman–Crippen LogP) is 4.07. The summed E-state index contributed by atoms with van der Waals surface area (Å²) in [6, 6.07) is 10.8. The molecule has 1 saturated heterocycles. The molecule has 0 amide bonds. The van der Waals surface area contributed by atoms with Crippen molar-refractivity contribution >= 4 is 27.4 Å². The molecule has 1 atom stereocenters. The molecule has 0 unspecified atom stereocenters. The number of nitrogens with zero attached hydrogens (tertiary/aromatic N) is 5. The molecule has 3 aromatic rings. The summed E-state index contributed by atoms with van der Waals surface area (Å²) in [5, 5.41) is 15.4. The molecule has 0 bridgehead atoms. The minimum Gasteiger partial charge on any atom is -0.339 e. The molecule has 138 valence electrons. The van der Waals surface area contributed by atoms with E-state index in [0.29, 0.717) is 30.5 Å². The topological polar surface area (TPSA) is 98.2 Å². The first-order valence-corrected chi connectivity index (χ1v) is 9.34. The monoisotopic (exact) mass is 429 g/mol. The van der Waals surface area contributed by atoms with Gasteiger partial charge < -0.3 is 9.42 Å². The molecule has 0 spiro atoms. The lowest BCUT2D eigenvalue weighted by molar-refractivity contribution is -0.384. The Bertz CT molecular complexity index is 960. The van der Waals surface area contributed by atoms with Gasteiger partial charge in [0.1, 0.15) is 6.04 Å². The zero-order valence-electron chi connectivity index (χ0n) is 14.3. The van der Waals surface area contributed by atoms with Crippen LogP contribution in [0.3, 0.4) is 0 Å². The lowest BCUT2D eigenvalue weighted by atomic mass is 10.1. The SMILES string of the molecule is O=[N+]([O-])c1cccnc1N1CCC[C@H]1c1nc(Cc2ccc(Br)cc2)no1. The van der Waals surface area contributed by atoms with E-state index in [1.807, 2.05) is 29.2 Å². The van der Waals surface area contributed by atoms with Gasteiger partial charge >= 0.3 is 5.69 Å². The van der Waals surface area contributed by atoms with Crippen molar-refractivity contribution in [1.29, 1.82) is 0 Å². The van der Waals surface area contributed by atoms with E-state index in [1.54, 1.807) is 12.3 Å². The second-order valence-electron chi connectivity index (χ2n) is 6.31. The first-order chi connectivity index (χ1) is 13.1. The number of aromatic nitrogens is 3. The largest absolute Gasteiger partial charge is 0.339 e. The van der Waals surface area contributed by atoms with Crippen molar-refractivity contribution in [3.05, 3.63) is 74.5 Å². The van der Waals surface area contributed by atoms with Crippen molar-refractivity contribution in [2.24, 2.45) is 0 Å². The first-order valence-electron chi connectivity index (χ1n) is 8.55. The van der Waals surface area contributed by atoms with E-state index in [2.05, 4.69) is 31.1 Å². The summed E-state index contributed by atoms with van der Waals surface area (Å²) in [5.41, 5.74) is 1.06. The molecule has 0 aliphatic carbocycles. The van der Waals surface area contributed by atoms with E-state index < -0.39 is 4.92 Å². The van der Waals surface area contributed by atoms with Crippen molar-refractivity contribution in [1.82, 2.24) is 15.1 Å². The quantitative estimate of drug-likeness (QED) is 0.445. The number of anilines is 1. The smallest absolute Gasteiger partial charge is 0.311 e. The van der Waals surface area contributed by atoms with E-state index in [0.717, 1.165) is 22.9 Å². The summed E-state index contributed by atoms with van der Waals surface area (Å²) < 4.78 is 6.50. The third kappa shape index (κ3) is 3.68. The van der Waals surface area contributed by atoms with Gasteiger partial charge in [-0.2, -0.15) is 4.98 Å². The molecule has 3 heterocycles. The molecular weight excluding hydrogens is 414 g/mol. The highest BCUT2D eigenvalue weighted by Gasteiger charge is 2.35. The van der Waals surface area contributed by atoms with Crippen LogP contribution in [0.4, 0.5) is 11.5 Å². The second-order valence-corrected chi connectivity index (χ2v) is 7.22. The van der Waals surface area contributed by atoms with Gasteiger partial charge in [-0.3, -0.25) is 10.1 Å². The molecule has 0 saturated carbocycles. The molecule has 9 heteroatoms. The first kappa shape index (κ1) is 17.6. The molecule has 0 N–H and O–H groups in total. The lowest BCUT2D eigenvalue weighted by Crippen LogP contribution is -2.24. The Morgan fingerprint density at radius 1 is 1.30 bits per heavy atom. The Morgan fingerprint density at radius 3 is 2.89 bits per heavy atom. The van der Waals surface area contributed by atoms with E-state index in [-0.39, 0.29) is 11.7 Å². The third-order valence-electron chi connectivity index (χ3n) is 4.53. The Labute approximate surface area is 163 Å². The number of hydrogen-bond donors (Lipinski definition) is 0. The van der Waals surface area contributed by atoms with Crippen LogP contribution >= 0.6 is 15.9 Å². The van der Waals surface area contributed by atoms with Crippen LogP contribution in [0, 0.1) is 10.1 Å². The van der Waals surface area contributed by atoms with E-state index in [1.165, 1.54) is 6.07 Å². The van der Waals surface area contributed by atoms with Gasteiger partial charge in [0, 0.05) is 29.7 Å². The van der Waals surface area contributed by atoms with Gasteiger partial charge in [0.25, 0.3) is 0 Å². The van der Waals surface area contributed by atoms with Crippen LogP contribution in [-0.4, -0.2) is 26.6 Å². The van der Waals surface area contributed by atoms with E-state index in [9.17, 15) is 10.1 Å². The zero-order valence-corrected chi connectivity index (χ0v) is 15.9. The van der Waals surface area contributed by atoms with E-state index in [4.69, 9.17) is 4.52 Å². The van der Waals surface area contributed by atoms with Gasteiger partial charge in [0.05, 0.1) is 4.92 Å². The Morgan fingerprint density at radius 2 is 2.11 bits per heavy atom. The molecule has 1 aliphatic rings. The van der Waals surface area contributed by atoms with Crippen LogP contribution < -0.4 is 4.90 Å². The summed E-state index contributed by atoms with van der Waals surface area (Å²) in [7, 11) is 0. The second kappa shape index (κ2) is 7.43. The highest BCUT2D eigenvalue weighted by molar-refractivity contribution is 9.10. The van der Waals surface area contributed by atoms with Crippen LogP contribution in [0.2, 0.25) is 0 Å². The number of nitro groups is 1. The summed E-state index contributed by atoms with van der Waals surface area (Å²) >= 11 is 3.42. The molecule has 8 nitrogen and oxygen atoms in total. The molecule has 27 heavy (non-hydrogen) atoms. The van der Waals surface area contributed by atoms with Crippen molar-refractivity contribution in [2.45, 2.75) is 25.3 Å². The van der Waals surface area contributed by atoms with Crippen molar-refractivity contribution in [3.8, 4) is 0 Å². The highest BCUT2D eigenvalue weighted by atomic mass is 79.9. The van der Waals surface area contributed by atoms with Gasteiger partial charge in [-0.25, -0.2) is 4.98 Å². The average Bonchev–Trinajstić information content (AvgIpc) is 3.32. The van der Waals surface area contributed by atoms with Crippen LogP contribution in [0.15, 0.2) is 51.6 Å². The normalized spacial score (nSPS) is 16.6. The van der Waals surface area contributed by atoms with E-state index >= 15 is 0 Å². The van der Waals surface area contributed by atoms with Gasteiger partial charge in [-0.15, -0.1) is 0 Å². The van der Waals surface area contributed by atoms with Crippen LogP contribution in [0.5, 0.6) is 0 Å². The molecule has 1 aromatic carbocycles. The lowest BCUT2D eigenvalue weighted by Gasteiger charge is -2.22. The molecule has 1 fully saturated rings. The molecule has 4 rings (SSSR count). The van der Waals surface area contributed by atoms with Gasteiger partial charge in [-0.1, -0.05) is 33.2 Å². The Balaban J connectivity index is 1.57. The Kier molecular flexibility index (Phi) is 4.85. The summed E-state index contributed by atoms with van der Waals surface area (Å²) in [6.07, 6.45) is 3.79. The van der Waals surface area contributed by atoms with Crippen molar-refractivity contribution < 1.29 is 9.45 Å². The predicted molar refractivity (Wildman–Crippen MR) is 101 cm³/mol. The molecular formula is C18H16BrN5O3. The average molecular weight is 430 g/mol. The summed E-state index contributed by atoms with van der Waals surface area (Å²) in [5.74, 6) is 1.41. The van der Waals surface area contributed by atoms with Crippen LogP contribution in [-0.2, 0) is 6.42 Å². The molecule has 2 aromatic heterocycles. The zero-order chi connectivity index (χ0) is 18.8. The third-order valence-corrected chi connectivity index (χ3v) is 5.06. The standard InChI is InChI=1S/C18H16BrN5O3/c19-13-7-5-12(6-8-13)11-16-21-18(27-22-16)15-4-2-10-23(15)17-14(24(25)26)3-1-9-20-17/h1,3,5-9,15H,2,4,10-11H2/t15-/m0/s1. The maximum absolute atomic E-state index is 11.3. The van der Waals surface area contributed by atoms with Gasteiger partial charge in [0.15, 0.2) is 5.82 Å². The number of pyridine rings is 1. The number of halogens is 1. The number of benzene rings is 1. The maximum atomic E-state index is 11.3. The highest BCUT2D eigenvalue weighted by Crippen LogP contribution is 2.38. The summed E-state index contributed by atoms with van der Waals surface area (Å²) in [4.78, 5) is 21.6. The fourth-order valence-corrected chi connectivity index (χ4v) is 3.55. The van der Waals surface area contributed by atoms with Gasteiger partial charge in [0.2, 0.25) is 11.7 Å². The minimum absolute atomic E-state index is 0.0148. The maximum Gasteiger partial charge on any atom is 0.311 e. The number of rotatable bonds is 5. The molecule has 0 radical (unpaired) electrons. The fourth-order valence-electron chi connectivity index (χ4n) is 3.29. The van der Waals surface area contributed by atoms with Crippen molar-refractivity contribution in [2.75, 3.05) is 11.4 Å². The van der Waals surface area contributed by atoms with Crippen LogP contribution in [0.1, 0.15) is 36.2 Å². The summed E-state index contributed by atoms with van der Waals surface area (Å²) in [6.45, 7) is 0.660. The Hall–Kier alpha value is -2.81. The van der Waals surface area contributed by atoms with Gasteiger partial charge in [-0.05, 0) is 36.6 Å². The van der Waals surface area contributed by atoms with Crippen molar-refractivity contribution in [3.63, 3.8) is 0 Å². The minimum atomic E-state index is -0.412. The number of hydrogen-bond acceptors (Lipinski definition) is 7. The van der Waals surface area contributed by atoms with Crippen LogP contribution in [0.25, 0.3) is 0 Å².